The number of allylic oxidation sites excluding steroid dienone is 4. The molecular weight excluding hydrogens is 546 g/mol. The van der Waals surface area contributed by atoms with E-state index in [9.17, 15) is 15.0 Å². The van der Waals surface area contributed by atoms with Crippen molar-refractivity contribution >= 4 is 33.1 Å². The molecule has 7 nitrogen and oxygen atoms in total. The highest BCUT2D eigenvalue weighted by atomic mass is 79.9. The fourth-order valence-corrected chi connectivity index (χ4v) is 8.27. The minimum atomic E-state index is -1.52. The van der Waals surface area contributed by atoms with Gasteiger partial charge in [-0.2, -0.15) is 5.10 Å². The molecule has 0 heterocycles. The first-order chi connectivity index (χ1) is 18.0. The maximum Gasteiger partial charge on any atom is 0.190 e. The number of hydrazone groups is 1. The zero-order valence-corrected chi connectivity index (χ0v) is 24.2. The van der Waals surface area contributed by atoms with Gasteiger partial charge < -0.3 is 20.1 Å². The summed E-state index contributed by atoms with van der Waals surface area (Å²) >= 11 is 3.56. The number of nitrogens with zero attached hydrogens (tertiary/aromatic N) is 3. The monoisotopic (exact) mass is 583 g/mol. The number of aliphatic hydroxyl groups is 2. The maximum absolute atomic E-state index is 12.8. The average Bonchev–Trinajstić information content (AvgIpc) is 3.15. The smallest absolute Gasteiger partial charge is 0.190 e. The van der Waals surface area contributed by atoms with E-state index >= 15 is 0 Å². The zero-order valence-electron chi connectivity index (χ0n) is 22.7. The van der Waals surface area contributed by atoms with E-state index in [1.54, 1.807) is 0 Å². The van der Waals surface area contributed by atoms with Crippen molar-refractivity contribution < 1.29 is 19.8 Å². The molecule has 4 aliphatic rings. The molecule has 2 N–H and O–H groups in total. The Bertz CT molecular complexity index is 1240. The van der Waals surface area contributed by atoms with E-state index in [4.69, 9.17) is 9.94 Å². The topological polar surface area (TPSA) is 94.7 Å². The summed E-state index contributed by atoms with van der Waals surface area (Å²) in [6, 6.07) is 7.96. The number of benzene rings is 1. The van der Waals surface area contributed by atoms with Crippen molar-refractivity contribution in [3.63, 3.8) is 0 Å². The van der Waals surface area contributed by atoms with Crippen LogP contribution in [0, 0.1) is 28.6 Å². The van der Waals surface area contributed by atoms with Gasteiger partial charge >= 0.3 is 0 Å². The van der Waals surface area contributed by atoms with Crippen molar-refractivity contribution in [1.82, 2.24) is 5.01 Å². The summed E-state index contributed by atoms with van der Waals surface area (Å²) in [6.45, 7) is 4.08. The van der Waals surface area contributed by atoms with Crippen molar-refractivity contribution in [3.8, 4) is 0 Å². The third-order valence-corrected chi connectivity index (χ3v) is 10.5. The van der Waals surface area contributed by atoms with Gasteiger partial charge in [0, 0.05) is 46.6 Å². The molecule has 0 spiro atoms. The average molecular weight is 585 g/mol. The number of rotatable bonds is 6. The molecule has 3 saturated carbocycles. The molecule has 0 aliphatic heterocycles. The molecule has 5 rings (SSSR count). The highest BCUT2D eigenvalue weighted by Crippen LogP contribution is 2.66. The molecule has 204 valence electrons. The predicted molar refractivity (Wildman–Crippen MR) is 152 cm³/mol. The summed E-state index contributed by atoms with van der Waals surface area (Å²) in [6.07, 6.45) is 10.1. The van der Waals surface area contributed by atoms with Crippen LogP contribution < -0.4 is 0 Å². The third-order valence-electron chi connectivity index (χ3n) is 9.72. The SMILES string of the molecule is CN(C)/N=C1\C[C@@]2(C)[C@@H](CC[C@]2(O)C(=O)CO)[C@@H]2CCC3=C/C(=N/OCc4ccccc4Br)C=C[C@]3(C)[C@@H]12. The fraction of sp³-hybridized carbons (Fsp3) is 0.567. The Morgan fingerprint density at radius 2 is 2.00 bits per heavy atom. The Labute approximate surface area is 233 Å². The van der Waals surface area contributed by atoms with Crippen LogP contribution in [0.2, 0.25) is 0 Å². The molecule has 1 aromatic carbocycles. The normalized spacial score (nSPS) is 37.9. The zero-order chi connectivity index (χ0) is 27.3. The third kappa shape index (κ3) is 4.29. The van der Waals surface area contributed by atoms with Crippen molar-refractivity contribution in [1.29, 1.82) is 0 Å². The second-order valence-corrected chi connectivity index (χ2v) is 12.8. The first kappa shape index (κ1) is 27.3. The number of oxime groups is 1. The second kappa shape index (κ2) is 10.0. The number of carbonyl (C=O) groups is 1. The van der Waals surface area contributed by atoms with Gasteiger partial charge in [0.2, 0.25) is 0 Å². The van der Waals surface area contributed by atoms with Crippen LogP contribution in [0.5, 0.6) is 0 Å². The molecule has 0 bridgehead atoms. The van der Waals surface area contributed by atoms with E-state index in [1.165, 1.54) is 5.57 Å². The lowest BCUT2D eigenvalue weighted by atomic mass is 9.46. The largest absolute Gasteiger partial charge is 0.390 e. The lowest BCUT2D eigenvalue weighted by Crippen LogP contribution is -2.60. The Balaban J connectivity index is 1.45. The van der Waals surface area contributed by atoms with Gasteiger partial charge in [-0.15, -0.1) is 0 Å². The molecule has 0 unspecified atom stereocenters. The molecule has 3 fully saturated rings. The number of hydrogen-bond acceptors (Lipinski definition) is 7. The molecule has 0 saturated heterocycles. The number of ketones is 1. The summed E-state index contributed by atoms with van der Waals surface area (Å²) in [4.78, 5) is 18.5. The highest BCUT2D eigenvalue weighted by molar-refractivity contribution is 9.10. The van der Waals surface area contributed by atoms with Crippen LogP contribution >= 0.6 is 15.9 Å². The predicted octanol–water partition coefficient (Wildman–Crippen LogP) is 4.88. The molecular formula is C30H38BrN3O4. The van der Waals surface area contributed by atoms with Crippen LogP contribution in [-0.2, 0) is 16.2 Å². The number of aliphatic hydroxyl groups excluding tert-OH is 1. The summed E-state index contributed by atoms with van der Waals surface area (Å²) in [5.41, 5.74) is 1.79. The van der Waals surface area contributed by atoms with Crippen LogP contribution in [0.15, 0.2) is 62.8 Å². The number of fused-ring (bicyclic) bond motifs is 5. The van der Waals surface area contributed by atoms with Gasteiger partial charge in [0.1, 0.15) is 24.5 Å². The van der Waals surface area contributed by atoms with E-state index in [0.717, 1.165) is 40.7 Å². The molecule has 8 heteroatoms. The maximum atomic E-state index is 12.8. The van der Waals surface area contributed by atoms with E-state index in [1.807, 2.05) is 56.4 Å². The van der Waals surface area contributed by atoms with Crippen LogP contribution in [0.4, 0.5) is 0 Å². The summed E-state index contributed by atoms with van der Waals surface area (Å²) in [5, 5.41) is 32.5. The number of hydrogen-bond donors (Lipinski definition) is 2. The van der Waals surface area contributed by atoms with E-state index < -0.39 is 23.4 Å². The van der Waals surface area contributed by atoms with Crippen molar-refractivity contribution in [2.24, 2.45) is 38.8 Å². The van der Waals surface area contributed by atoms with Crippen LogP contribution in [-0.4, -0.2) is 58.7 Å². The number of carbonyl (C=O) groups excluding carboxylic acids is 1. The van der Waals surface area contributed by atoms with Gasteiger partial charge in [-0.1, -0.05) is 64.8 Å². The van der Waals surface area contributed by atoms with Crippen molar-refractivity contribution in [2.75, 3.05) is 20.7 Å². The molecule has 4 aliphatic carbocycles. The van der Waals surface area contributed by atoms with Crippen LogP contribution in [0.3, 0.4) is 0 Å². The Morgan fingerprint density at radius 1 is 1.24 bits per heavy atom. The minimum Gasteiger partial charge on any atom is -0.390 e. The Morgan fingerprint density at radius 3 is 2.71 bits per heavy atom. The van der Waals surface area contributed by atoms with Gasteiger partial charge in [-0.05, 0) is 62.2 Å². The second-order valence-electron chi connectivity index (χ2n) is 12.0. The van der Waals surface area contributed by atoms with Crippen LogP contribution in [0.1, 0.15) is 51.5 Å². The van der Waals surface area contributed by atoms with Gasteiger partial charge in [-0.3, -0.25) is 4.79 Å². The fourth-order valence-electron chi connectivity index (χ4n) is 7.87. The molecule has 1 aromatic rings. The van der Waals surface area contributed by atoms with E-state index in [0.29, 0.717) is 19.4 Å². The molecule has 0 radical (unpaired) electrons. The van der Waals surface area contributed by atoms with Crippen molar-refractivity contribution in [2.45, 2.75) is 58.2 Å². The van der Waals surface area contributed by atoms with E-state index in [-0.39, 0.29) is 23.2 Å². The molecule has 6 atom stereocenters. The van der Waals surface area contributed by atoms with Crippen molar-refractivity contribution in [3.05, 3.63) is 58.1 Å². The lowest BCUT2D eigenvalue weighted by molar-refractivity contribution is -0.157. The number of halogens is 1. The summed E-state index contributed by atoms with van der Waals surface area (Å²) in [5.74, 6) is 0.163. The molecule has 38 heavy (non-hydrogen) atoms. The van der Waals surface area contributed by atoms with Gasteiger partial charge in [0.05, 0.1) is 0 Å². The first-order valence-electron chi connectivity index (χ1n) is 13.5. The Kier molecular flexibility index (Phi) is 7.20. The summed E-state index contributed by atoms with van der Waals surface area (Å²) in [7, 11) is 3.84. The van der Waals surface area contributed by atoms with Gasteiger partial charge in [-0.25, -0.2) is 0 Å². The highest BCUT2D eigenvalue weighted by Gasteiger charge is 2.67. The molecule has 0 aromatic heterocycles. The number of Topliss-reactive ketones (excluding diaryl/α,β-unsaturated/α-hetero) is 1. The minimum absolute atomic E-state index is 0.161. The van der Waals surface area contributed by atoms with Gasteiger partial charge in [0.15, 0.2) is 5.78 Å². The van der Waals surface area contributed by atoms with Crippen LogP contribution in [0.25, 0.3) is 0 Å². The lowest BCUT2D eigenvalue weighted by Gasteiger charge is -2.58. The summed E-state index contributed by atoms with van der Waals surface area (Å²) < 4.78 is 1.00. The van der Waals surface area contributed by atoms with Gasteiger partial charge in [0.25, 0.3) is 0 Å². The molecule has 0 amide bonds. The Hall–Kier alpha value is -2.29. The quantitative estimate of drug-likeness (QED) is 0.465. The first-order valence-corrected chi connectivity index (χ1v) is 14.3. The standard InChI is InChI=1S/C30H38BrN3O4/c1-28-13-11-21(33-38-18-19-7-5-6-8-24(19)31)15-20(28)9-10-22-23-12-14-30(37,26(36)17-35)29(23,2)16-25(27(22)28)32-34(3)4/h5-8,11,13,15,22-23,27,35,37H,9-10,12,14,16-18H2,1-4H3/b32-25+,33-21+/t22-,23-,27+,28-,29-,30-/m0/s1. The van der Waals surface area contributed by atoms with E-state index in [2.05, 4.69) is 40.2 Å².